The maximum atomic E-state index is 13.8. The Morgan fingerprint density at radius 3 is 2.61 bits per heavy atom. The van der Waals surface area contributed by atoms with Gasteiger partial charge in [0.15, 0.2) is 0 Å². The summed E-state index contributed by atoms with van der Waals surface area (Å²) in [4.78, 5) is 13.0. The Balaban J connectivity index is 1.70. The summed E-state index contributed by atoms with van der Waals surface area (Å²) in [6.45, 7) is 2.99. The fraction of sp³-hybridized carbons (Fsp3) is 0.316. The lowest BCUT2D eigenvalue weighted by Gasteiger charge is -2.26. The van der Waals surface area contributed by atoms with Gasteiger partial charge in [0.25, 0.3) is 0 Å². The van der Waals surface area contributed by atoms with E-state index in [0.717, 1.165) is 11.8 Å². The minimum atomic E-state index is -3.65. The van der Waals surface area contributed by atoms with E-state index in [4.69, 9.17) is 4.74 Å². The largest absolute Gasteiger partial charge is 0.379 e. The SMILES string of the molecule is C[C@H](Sc1ccccc1F)C(=O)Nc1cccc(S(=O)(=O)N2CCOCC2)c1. The molecule has 1 heterocycles. The Morgan fingerprint density at radius 2 is 1.89 bits per heavy atom. The molecule has 2 aromatic carbocycles. The summed E-state index contributed by atoms with van der Waals surface area (Å²) in [6.07, 6.45) is 0. The smallest absolute Gasteiger partial charge is 0.243 e. The standard InChI is InChI=1S/C19H21FN2O4S2/c1-14(27-18-8-3-2-7-17(18)20)19(23)21-15-5-4-6-16(13-15)28(24,25)22-9-11-26-12-10-22/h2-8,13-14H,9-12H2,1H3,(H,21,23)/t14-/m0/s1. The molecule has 9 heteroatoms. The normalized spacial score (nSPS) is 16.5. The second-order valence-corrected chi connectivity index (χ2v) is 9.54. The highest BCUT2D eigenvalue weighted by atomic mass is 32.2. The van der Waals surface area contributed by atoms with Crippen LogP contribution < -0.4 is 5.32 Å². The molecule has 2 aromatic rings. The van der Waals surface area contributed by atoms with Gasteiger partial charge in [0.1, 0.15) is 5.82 Å². The monoisotopic (exact) mass is 424 g/mol. The van der Waals surface area contributed by atoms with Crippen LogP contribution in [-0.4, -0.2) is 50.2 Å². The van der Waals surface area contributed by atoms with E-state index in [2.05, 4.69) is 5.32 Å². The highest BCUT2D eigenvalue weighted by Crippen LogP contribution is 2.27. The third-order valence-corrected chi connectivity index (χ3v) is 7.27. The number of thioether (sulfide) groups is 1. The molecule has 1 saturated heterocycles. The quantitative estimate of drug-likeness (QED) is 0.722. The van der Waals surface area contributed by atoms with Crippen molar-refractivity contribution in [2.75, 3.05) is 31.6 Å². The van der Waals surface area contributed by atoms with Gasteiger partial charge in [-0.3, -0.25) is 4.79 Å². The average molecular weight is 425 g/mol. The number of benzene rings is 2. The zero-order valence-corrected chi connectivity index (χ0v) is 16.9. The van der Waals surface area contributed by atoms with Gasteiger partial charge in [-0.05, 0) is 37.3 Å². The summed E-state index contributed by atoms with van der Waals surface area (Å²) < 4.78 is 45.8. The van der Waals surface area contributed by atoms with Crippen LogP contribution in [0.5, 0.6) is 0 Å². The van der Waals surface area contributed by atoms with E-state index in [1.165, 1.54) is 22.5 Å². The van der Waals surface area contributed by atoms with Gasteiger partial charge in [-0.25, -0.2) is 12.8 Å². The number of ether oxygens (including phenoxy) is 1. The van der Waals surface area contributed by atoms with Crippen molar-refractivity contribution in [3.8, 4) is 0 Å². The summed E-state index contributed by atoms with van der Waals surface area (Å²) in [5, 5.41) is 2.15. The van der Waals surface area contributed by atoms with E-state index >= 15 is 0 Å². The zero-order chi connectivity index (χ0) is 20.1. The fourth-order valence-corrected chi connectivity index (χ4v) is 5.04. The van der Waals surface area contributed by atoms with Gasteiger partial charge < -0.3 is 10.1 Å². The number of halogens is 1. The van der Waals surface area contributed by atoms with Crippen LogP contribution >= 0.6 is 11.8 Å². The summed E-state index contributed by atoms with van der Waals surface area (Å²) in [7, 11) is -3.65. The topological polar surface area (TPSA) is 75.7 Å². The Bertz CT molecular complexity index is 946. The van der Waals surface area contributed by atoms with E-state index in [1.807, 2.05) is 0 Å². The predicted molar refractivity (Wildman–Crippen MR) is 106 cm³/mol. The molecule has 1 N–H and O–H groups in total. The molecule has 0 aromatic heterocycles. The molecular formula is C19H21FN2O4S2. The molecule has 150 valence electrons. The molecule has 0 bridgehead atoms. The lowest BCUT2D eigenvalue weighted by atomic mass is 10.3. The number of morpholine rings is 1. The van der Waals surface area contributed by atoms with E-state index in [1.54, 1.807) is 37.3 Å². The number of hydrogen-bond donors (Lipinski definition) is 1. The van der Waals surface area contributed by atoms with Crippen molar-refractivity contribution in [2.24, 2.45) is 0 Å². The van der Waals surface area contributed by atoms with Crippen LogP contribution in [0.15, 0.2) is 58.3 Å². The van der Waals surface area contributed by atoms with Crippen LogP contribution in [0.4, 0.5) is 10.1 Å². The highest BCUT2D eigenvalue weighted by Gasteiger charge is 2.26. The summed E-state index contributed by atoms with van der Waals surface area (Å²) in [5.41, 5.74) is 0.375. The van der Waals surface area contributed by atoms with Crippen LogP contribution in [0.25, 0.3) is 0 Å². The molecule has 0 aliphatic carbocycles. The van der Waals surface area contributed by atoms with Crippen molar-refractivity contribution in [3.63, 3.8) is 0 Å². The second-order valence-electron chi connectivity index (χ2n) is 6.22. The number of nitrogens with one attached hydrogen (secondary N) is 1. The maximum Gasteiger partial charge on any atom is 0.243 e. The van der Waals surface area contributed by atoms with Gasteiger partial charge in [0, 0.05) is 23.7 Å². The van der Waals surface area contributed by atoms with Crippen LogP contribution in [0.3, 0.4) is 0 Å². The number of hydrogen-bond acceptors (Lipinski definition) is 5. The van der Waals surface area contributed by atoms with E-state index in [9.17, 15) is 17.6 Å². The minimum Gasteiger partial charge on any atom is -0.379 e. The van der Waals surface area contributed by atoms with Gasteiger partial charge >= 0.3 is 0 Å². The molecule has 0 spiro atoms. The molecule has 28 heavy (non-hydrogen) atoms. The van der Waals surface area contributed by atoms with Crippen molar-refractivity contribution in [2.45, 2.75) is 22.0 Å². The lowest BCUT2D eigenvalue weighted by molar-refractivity contribution is -0.115. The zero-order valence-electron chi connectivity index (χ0n) is 15.3. The number of carbonyl (C=O) groups is 1. The molecule has 3 rings (SSSR count). The molecule has 0 saturated carbocycles. The first-order valence-electron chi connectivity index (χ1n) is 8.78. The first-order chi connectivity index (χ1) is 13.4. The molecule has 6 nitrogen and oxygen atoms in total. The van der Waals surface area contributed by atoms with Crippen molar-refractivity contribution in [1.82, 2.24) is 4.31 Å². The molecule has 1 aliphatic heterocycles. The summed E-state index contributed by atoms with van der Waals surface area (Å²) >= 11 is 1.10. The van der Waals surface area contributed by atoms with Crippen LogP contribution in [-0.2, 0) is 19.6 Å². The molecule has 1 aliphatic rings. The lowest BCUT2D eigenvalue weighted by Crippen LogP contribution is -2.40. The number of nitrogens with zero attached hydrogens (tertiary/aromatic N) is 1. The Labute approximate surface area is 168 Å². The first kappa shape index (κ1) is 20.8. The minimum absolute atomic E-state index is 0.113. The van der Waals surface area contributed by atoms with Gasteiger partial charge in [-0.2, -0.15) is 4.31 Å². The van der Waals surface area contributed by atoms with E-state index in [-0.39, 0.29) is 16.6 Å². The summed E-state index contributed by atoms with van der Waals surface area (Å²) in [5.74, 6) is -0.722. The Kier molecular flexibility index (Phi) is 6.71. The van der Waals surface area contributed by atoms with Crippen molar-refractivity contribution >= 4 is 33.4 Å². The molecule has 0 radical (unpaired) electrons. The Hall–Kier alpha value is -1.94. The number of sulfonamides is 1. The second kappa shape index (κ2) is 9.04. The van der Waals surface area contributed by atoms with Crippen LogP contribution in [0.2, 0.25) is 0 Å². The number of carbonyl (C=O) groups excluding carboxylic acids is 1. The maximum absolute atomic E-state index is 13.8. The highest BCUT2D eigenvalue weighted by molar-refractivity contribution is 8.00. The van der Waals surface area contributed by atoms with Crippen molar-refractivity contribution in [1.29, 1.82) is 0 Å². The van der Waals surface area contributed by atoms with Crippen LogP contribution in [0.1, 0.15) is 6.92 Å². The average Bonchev–Trinajstić information content (AvgIpc) is 2.70. The molecule has 1 fully saturated rings. The van der Waals surface area contributed by atoms with E-state index < -0.39 is 15.3 Å². The number of anilines is 1. The number of amides is 1. The van der Waals surface area contributed by atoms with Gasteiger partial charge in [-0.15, -0.1) is 11.8 Å². The van der Waals surface area contributed by atoms with E-state index in [0.29, 0.717) is 36.9 Å². The summed E-state index contributed by atoms with van der Waals surface area (Å²) in [6, 6.07) is 12.4. The van der Waals surface area contributed by atoms with Crippen LogP contribution in [0, 0.1) is 5.82 Å². The molecule has 1 atom stereocenters. The predicted octanol–water partition coefficient (Wildman–Crippen LogP) is 2.97. The van der Waals surface area contributed by atoms with Gasteiger partial charge in [0.2, 0.25) is 15.9 Å². The molecule has 1 amide bonds. The first-order valence-corrected chi connectivity index (χ1v) is 11.1. The van der Waals surface area contributed by atoms with Crippen molar-refractivity contribution in [3.05, 3.63) is 54.3 Å². The molecule has 0 unspecified atom stereocenters. The molecular weight excluding hydrogens is 403 g/mol. The van der Waals surface area contributed by atoms with Crippen molar-refractivity contribution < 1.29 is 22.3 Å². The number of rotatable bonds is 6. The Morgan fingerprint density at radius 1 is 1.18 bits per heavy atom. The fourth-order valence-electron chi connectivity index (χ4n) is 2.70. The van der Waals surface area contributed by atoms with Gasteiger partial charge in [0.05, 0.1) is 23.4 Å². The third kappa shape index (κ3) is 4.91. The van der Waals surface area contributed by atoms with Gasteiger partial charge in [-0.1, -0.05) is 18.2 Å². The third-order valence-electron chi connectivity index (χ3n) is 4.22.